The van der Waals surface area contributed by atoms with Crippen LogP contribution in [0.4, 0.5) is 0 Å². The van der Waals surface area contributed by atoms with Gasteiger partial charge in [-0.25, -0.2) is 5.43 Å². The summed E-state index contributed by atoms with van der Waals surface area (Å²) in [6.07, 6.45) is 0.709. The first-order chi connectivity index (χ1) is 8.09. The molecule has 0 atom stereocenters. The molecule has 1 aliphatic heterocycles. The second-order valence-electron chi connectivity index (χ2n) is 4.32. The van der Waals surface area contributed by atoms with Crippen LogP contribution in [-0.4, -0.2) is 37.3 Å². The van der Waals surface area contributed by atoms with Crippen molar-refractivity contribution in [2.45, 2.75) is 26.7 Å². The molecule has 17 heavy (non-hydrogen) atoms. The quantitative estimate of drug-likeness (QED) is 0.644. The average molecular weight is 241 g/mol. The van der Waals surface area contributed by atoms with Crippen LogP contribution < -0.4 is 10.7 Å². The Labute approximate surface area is 101 Å². The summed E-state index contributed by atoms with van der Waals surface area (Å²) in [4.78, 5) is 22.4. The number of hydrogen-bond acceptors (Lipinski definition) is 4. The van der Waals surface area contributed by atoms with Gasteiger partial charge in [-0.3, -0.25) is 9.59 Å². The predicted molar refractivity (Wildman–Crippen MR) is 63.5 cm³/mol. The minimum atomic E-state index is -0.238. The fraction of sp³-hybridized carbons (Fsp3) is 0.727. The zero-order valence-electron chi connectivity index (χ0n) is 10.3. The molecule has 0 unspecified atom stereocenters. The van der Waals surface area contributed by atoms with Gasteiger partial charge in [0.05, 0.1) is 6.61 Å². The Morgan fingerprint density at radius 1 is 1.53 bits per heavy atom. The highest BCUT2D eigenvalue weighted by Crippen LogP contribution is 1.99. The maximum absolute atomic E-state index is 11.6. The van der Waals surface area contributed by atoms with Gasteiger partial charge in [0.2, 0.25) is 5.91 Å². The lowest BCUT2D eigenvalue weighted by atomic mass is 10.1. The largest absolute Gasteiger partial charge is 0.379 e. The van der Waals surface area contributed by atoms with E-state index in [1.165, 1.54) is 0 Å². The molecule has 0 aromatic rings. The first kappa shape index (κ1) is 13.6. The molecular formula is C11H19N3O3. The highest BCUT2D eigenvalue weighted by Gasteiger charge is 2.17. The van der Waals surface area contributed by atoms with Crippen molar-refractivity contribution in [1.29, 1.82) is 0 Å². The molecule has 96 valence electrons. The van der Waals surface area contributed by atoms with Gasteiger partial charge in [-0.2, -0.15) is 5.10 Å². The maximum atomic E-state index is 11.6. The Hall–Kier alpha value is -1.43. The number of amides is 2. The maximum Gasteiger partial charge on any atom is 0.267 e. The standard InChI is InChI=1S/C11H19N3O3/c1-8(2)7-17-6-5-12-11(16)9-3-4-10(15)14-13-9/h8H,3-7H2,1-2H3,(H,12,16)(H,14,15). The van der Waals surface area contributed by atoms with Crippen LogP contribution in [0, 0.1) is 5.92 Å². The Morgan fingerprint density at radius 3 is 2.88 bits per heavy atom. The number of nitrogens with one attached hydrogen (secondary N) is 2. The predicted octanol–water partition coefficient (Wildman–Crippen LogP) is 0.0412. The van der Waals surface area contributed by atoms with Gasteiger partial charge in [0.25, 0.3) is 5.91 Å². The Balaban J connectivity index is 2.15. The van der Waals surface area contributed by atoms with E-state index in [1.54, 1.807) is 0 Å². The molecule has 0 aromatic carbocycles. The summed E-state index contributed by atoms with van der Waals surface area (Å²) < 4.78 is 5.33. The molecule has 1 heterocycles. The van der Waals surface area contributed by atoms with Crippen molar-refractivity contribution in [3.63, 3.8) is 0 Å². The van der Waals surface area contributed by atoms with Crippen molar-refractivity contribution >= 4 is 17.5 Å². The summed E-state index contributed by atoms with van der Waals surface area (Å²) in [6, 6.07) is 0. The van der Waals surface area contributed by atoms with E-state index in [9.17, 15) is 9.59 Å². The van der Waals surface area contributed by atoms with Crippen LogP contribution >= 0.6 is 0 Å². The van der Waals surface area contributed by atoms with Crippen LogP contribution in [-0.2, 0) is 14.3 Å². The number of rotatable bonds is 6. The third kappa shape index (κ3) is 5.44. The monoisotopic (exact) mass is 241 g/mol. The SMILES string of the molecule is CC(C)COCCNC(=O)C1=NNC(=O)CC1. The molecule has 6 heteroatoms. The first-order valence-corrected chi connectivity index (χ1v) is 5.81. The minimum absolute atomic E-state index is 0.151. The van der Waals surface area contributed by atoms with Gasteiger partial charge >= 0.3 is 0 Å². The Kier molecular flexibility index (Phi) is 5.62. The van der Waals surface area contributed by atoms with E-state index in [-0.39, 0.29) is 11.8 Å². The number of hydrogen-bond donors (Lipinski definition) is 2. The number of carbonyl (C=O) groups is 2. The van der Waals surface area contributed by atoms with Gasteiger partial charge in [-0.1, -0.05) is 13.8 Å². The van der Waals surface area contributed by atoms with Crippen molar-refractivity contribution in [2.24, 2.45) is 11.0 Å². The Morgan fingerprint density at radius 2 is 2.29 bits per heavy atom. The summed E-state index contributed by atoms with van der Waals surface area (Å²) >= 11 is 0. The molecule has 0 aliphatic carbocycles. The zero-order valence-corrected chi connectivity index (χ0v) is 10.3. The second kappa shape index (κ2) is 7.01. The number of nitrogens with zero attached hydrogens (tertiary/aromatic N) is 1. The number of carbonyl (C=O) groups excluding carboxylic acids is 2. The van der Waals surface area contributed by atoms with Crippen LogP contribution in [0.3, 0.4) is 0 Å². The van der Waals surface area contributed by atoms with E-state index in [0.717, 1.165) is 0 Å². The molecule has 0 saturated carbocycles. The molecular weight excluding hydrogens is 222 g/mol. The molecule has 0 fully saturated rings. The molecule has 2 amide bonds. The molecule has 0 radical (unpaired) electrons. The van der Waals surface area contributed by atoms with E-state index < -0.39 is 0 Å². The third-order valence-electron chi connectivity index (χ3n) is 2.15. The summed E-state index contributed by atoms with van der Waals surface area (Å²) in [7, 11) is 0. The fourth-order valence-electron chi connectivity index (χ4n) is 1.30. The van der Waals surface area contributed by atoms with Gasteiger partial charge in [0.15, 0.2) is 0 Å². The lowest BCUT2D eigenvalue weighted by Crippen LogP contribution is -2.38. The van der Waals surface area contributed by atoms with Crippen molar-refractivity contribution in [3.05, 3.63) is 0 Å². The van der Waals surface area contributed by atoms with Crippen molar-refractivity contribution in [3.8, 4) is 0 Å². The molecule has 0 spiro atoms. The first-order valence-electron chi connectivity index (χ1n) is 5.81. The smallest absolute Gasteiger partial charge is 0.267 e. The summed E-state index contributed by atoms with van der Waals surface area (Å²) in [5.74, 6) is 0.101. The van der Waals surface area contributed by atoms with Gasteiger partial charge in [0, 0.05) is 26.0 Å². The lowest BCUT2D eigenvalue weighted by Gasteiger charge is -2.12. The minimum Gasteiger partial charge on any atom is -0.379 e. The van der Waals surface area contributed by atoms with Crippen molar-refractivity contribution < 1.29 is 14.3 Å². The van der Waals surface area contributed by atoms with Crippen molar-refractivity contribution in [1.82, 2.24) is 10.7 Å². The Bertz CT molecular complexity index is 313. The molecule has 0 aromatic heterocycles. The molecule has 1 aliphatic rings. The second-order valence-corrected chi connectivity index (χ2v) is 4.32. The molecule has 2 N–H and O–H groups in total. The number of hydrazone groups is 1. The van der Waals surface area contributed by atoms with Crippen LogP contribution in [0.2, 0.25) is 0 Å². The normalized spacial score (nSPS) is 15.5. The average Bonchev–Trinajstić information content (AvgIpc) is 2.29. The van der Waals surface area contributed by atoms with Crippen molar-refractivity contribution in [2.75, 3.05) is 19.8 Å². The van der Waals surface area contributed by atoms with Gasteiger partial charge in [0.1, 0.15) is 5.71 Å². The van der Waals surface area contributed by atoms with Gasteiger partial charge in [-0.05, 0) is 5.92 Å². The van der Waals surface area contributed by atoms with E-state index in [1.807, 2.05) is 0 Å². The zero-order chi connectivity index (χ0) is 12.7. The number of ether oxygens (including phenoxy) is 1. The van der Waals surface area contributed by atoms with Crippen LogP contribution in [0.5, 0.6) is 0 Å². The molecule has 6 nitrogen and oxygen atoms in total. The van der Waals surface area contributed by atoms with Crippen LogP contribution in [0.1, 0.15) is 26.7 Å². The summed E-state index contributed by atoms with van der Waals surface area (Å²) in [5, 5.41) is 6.40. The molecule has 0 saturated heterocycles. The summed E-state index contributed by atoms with van der Waals surface area (Å²) in [6.45, 7) is 5.77. The van der Waals surface area contributed by atoms with Crippen LogP contribution in [0.25, 0.3) is 0 Å². The topological polar surface area (TPSA) is 79.8 Å². The van der Waals surface area contributed by atoms with E-state index in [4.69, 9.17) is 4.74 Å². The summed E-state index contributed by atoms with van der Waals surface area (Å²) in [5.41, 5.74) is 2.66. The van der Waals surface area contributed by atoms with Gasteiger partial charge < -0.3 is 10.1 Å². The van der Waals surface area contributed by atoms with E-state index in [2.05, 4.69) is 29.7 Å². The lowest BCUT2D eigenvalue weighted by molar-refractivity contribution is -0.121. The van der Waals surface area contributed by atoms with E-state index in [0.29, 0.717) is 44.2 Å². The fourth-order valence-corrected chi connectivity index (χ4v) is 1.30. The van der Waals surface area contributed by atoms with Gasteiger partial charge in [-0.15, -0.1) is 0 Å². The molecule has 0 bridgehead atoms. The highest BCUT2D eigenvalue weighted by atomic mass is 16.5. The highest BCUT2D eigenvalue weighted by molar-refractivity contribution is 6.39. The van der Waals surface area contributed by atoms with E-state index >= 15 is 0 Å². The third-order valence-corrected chi connectivity index (χ3v) is 2.15. The van der Waals surface area contributed by atoms with Crippen LogP contribution in [0.15, 0.2) is 5.10 Å². The molecule has 1 rings (SSSR count).